The Balaban J connectivity index is 2.42. The van der Waals surface area contributed by atoms with Crippen LogP contribution in [0, 0.1) is 18.3 Å². The number of aryl methyl sites for hydroxylation is 1. The lowest BCUT2D eigenvalue weighted by Crippen LogP contribution is -2.34. The fraction of sp³-hybridized carbons (Fsp3) is 0.636. The third-order valence-electron chi connectivity index (χ3n) is 3.27. The van der Waals surface area contributed by atoms with Crippen LogP contribution in [0.3, 0.4) is 0 Å². The number of rotatable bonds is 5. The molecule has 0 amide bonds. The van der Waals surface area contributed by atoms with E-state index >= 15 is 0 Å². The van der Waals surface area contributed by atoms with E-state index in [0.29, 0.717) is 5.69 Å². The van der Waals surface area contributed by atoms with Crippen molar-refractivity contribution in [3.63, 3.8) is 0 Å². The Labute approximate surface area is 112 Å². The highest BCUT2D eigenvalue weighted by atomic mass is 32.2. The molecule has 2 rings (SSSR count). The molecular weight excluding hydrogens is 266 g/mol. The molecule has 0 atom stereocenters. The zero-order valence-corrected chi connectivity index (χ0v) is 11.8. The van der Waals surface area contributed by atoms with Crippen molar-refractivity contribution in [1.29, 1.82) is 5.26 Å². The van der Waals surface area contributed by atoms with Gasteiger partial charge in [0.2, 0.25) is 10.0 Å². The molecule has 8 heteroatoms. The summed E-state index contributed by atoms with van der Waals surface area (Å²) in [6.07, 6.45) is 1.85. The molecule has 0 radical (unpaired) electrons. The summed E-state index contributed by atoms with van der Waals surface area (Å²) in [5, 5.41) is 12.6. The Morgan fingerprint density at radius 1 is 1.58 bits per heavy atom. The van der Waals surface area contributed by atoms with E-state index in [-0.39, 0.29) is 29.7 Å². The number of nitrogen functional groups attached to an aromatic ring is 1. The standard InChI is InChI=1S/C11H17N5O2S/c1-8-10(11(13)14-15(8)2)19(17,18)16(7-3-6-12)9-4-5-9/h9H,3-5,7H2,1-2H3,(H2,13,14). The third-order valence-corrected chi connectivity index (χ3v) is 5.39. The number of hydrogen-bond acceptors (Lipinski definition) is 5. The van der Waals surface area contributed by atoms with Crippen LogP contribution in [0.25, 0.3) is 0 Å². The minimum Gasteiger partial charge on any atom is -0.381 e. The molecule has 1 saturated carbocycles. The molecule has 2 N–H and O–H groups in total. The molecule has 1 aromatic rings. The van der Waals surface area contributed by atoms with Gasteiger partial charge in [0.05, 0.1) is 11.8 Å². The summed E-state index contributed by atoms with van der Waals surface area (Å²) in [5.41, 5.74) is 6.23. The SMILES string of the molecule is Cc1c(S(=O)(=O)N(CCC#N)C2CC2)c(N)nn1C. The first-order chi connectivity index (χ1) is 8.89. The van der Waals surface area contributed by atoms with Gasteiger partial charge in [0.25, 0.3) is 0 Å². The number of hydrogen-bond donors (Lipinski definition) is 1. The highest BCUT2D eigenvalue weighted by Gasteiger charge is 2.40. The topological polar surface area (TPSA) is 105 Å². The first kappa shape index (κ1) is 13.8. The maximum Gasteiger partial charge on any atom is 0.248 e. The Kier molecular flexibility index (Phi) is 3.52. The molecule has 7 nitrogen and oxygen atoms in total. The largest absolute Gasteiger partial charge is 0.381 e. The molecular formula is C11H17N5O2S. The van der Waals surface area contributed by atoms with Crippen molar-refractivity contribution in [3.8, 4) is 6.07 Å². The van der Waals surface area contributed by atoms with Gasteiger partial charge in [-0.3, -0.25) is 4.68 Å². The molecule has 0 bridgehead atoms. The number of nitrogens with two attached hydrogens (primary N) is 1. The van der Waals surface area contributed by atoms with Crippen molar-refractivity contribution in [1.82, 2.24) is 14.1 Å². The van der Waals surface area contributed by atoms with Crippen molar-refractivity contribution < 1.29 is 8.42 Å². The minimum atomic E-state index is -3.68. The highest BCUT2D eigenvalue weighted by Crippen LogP contribution is 2.34. The van der Waals surface area contributed by atoms with Crippen LogP contribution in [0.1, 0.15) is 25.0 Å². The van der Waals surface area contributed by atoms with Crippen molar-refractivity contribution in [2.24, 2.45) is 7.05 Å². The average Bonchev–Trinajstić information content (AvgIpc) is 3.09. The monoisotopic (exact) mass is 283 g/mol. The van der Waals surface area contributed by atoms with E-state index in [9.17, 15) is 8.42 Å². The summed E-state index contributed by atoms with van der Waals surface area (Å²) in [7, 11) is -2.02. The van der Waals surface area contributed by atoms with Crippen molar-refractivity contribution in [2.45, 2.75) is 37.1 Å². The van der Waals surface area contributed by atoms with E-state index in [1.54, 1.807) is 14.0 Å². The van der Waals surface area contributed by atoms with E-state index in [4.69, 9.17) is 11.0 Å². The molecule has 1 heterocycles. The van der Waals surface area contributed by atoms with E-state index in [2.05, 4.69) is 5.10 Å². The maximum absolute atomic E-state index is 12.7. The fourth-order valence-corrected chi connectivity index (χ4v) is 4.05. The second-order valence-electron chi connectivity index (χ2n) is 4.68. The predicted octanol–water partition coefficient (Wildman–Crippen LogP) is 0.377. The van der Waals surface area contributed by atoms with Crippen molar-refractivity contribution in [3.05, 3.63) is 5.69 Å². The van der Waals surface area contributed by atoms with E-state index in [1.165, 1.54) is 8.99 Å². The number of nitrogens with zero attached hydrogens (tertiary/aromatic N) is 4. The van der Waals surface area contributed by atoms with Crippen LogP contribution < -0.4 is 5.73 Å². The molecule has 19 heavy (non-hydrogen) atoms. The predicted molar refractivity (Wildman–Crippen MR) is 69.5 cm³/mol. The molecule has 1 aromatic heterocycles. The fourth-order valence-electron chi connectivity index (χ4n) is 2.07. The zero-order chi connectivity index (χ0) is 14.2. The van der Waals surface area contributed by atoms with Crippen LogP contribution in [-0.4, -0.2) is 35.1 Å². The number of anilines is 1. The molecule has 1 aliphatic rings. The molecule has 1 aliphatic carbocycles. The first-order valence-corrected chi connectivity index (χ1v) is 7.51. The van der Waals surface area contributed by atoms with Crippen LogP contribution in [0.15, 0.2) is 4.90 Å². The van der Waals surface area contributed by atoms with Crippen molar-refractivity contribution in [2.75, 3.05) is 12.3 Å². The Morgan fingerprint density at radius 2 is 2.21 bits per heavy atom. The second-order valence-corrected chi connectivity index (χ2v) is 6.51. The van der Waals surface area contributed by atoms with Gasteiger partial charge >= 0.3 is 0 Å². The normalized spacial score (nSPS) is 15.7. The molecule has 104 valence electrons. The summed E-state index contributed by atoms with van der Waals surface area (Å²) in [6, 6.07) is 1.98. The summed E-state index contributed by atoms with van der Waals surface area (Å²) >= 11 is 0. The van der Waals surface area contributed by atoms with Gasteiger partial charge in [0, 0.05) is 26.1 Å². The molecule has 0 aliphatic heterocycles. The Morgan fingerprint density at radius 3 is 2.63 bits per heavy atom. The van der Waals surface area contributed by atoms with Crippen LogP contribution in [0.4, 0.5) is 5.82 Å². The van der Waals surface area contributed by atoms with Gasteiger partial charge in [-0.15, -0.1) is 0 Å². The van der Waals surface area contributed by atoms with Crippen molar-refractivity contribution >= 4 is 15.8 Å². The van der Waals surface area contributed by atoms with Crippen LogP contribution in [0.5, 0.6) is 0 Å². The van der Waals surface area contributed by atoms with E-state index in [0.717, 1.165) is 12.8 Å². The van der Waals surface area contributed by atoms with E-state index in [1.807, 2.05) is 6.07 Å². The summed E-state index contributed by atoms with van der Waals surface area (Å²) < 4.78 is 28.2. The van der Waals surface area contributed by atoms with Gasteiger partial charge in [-0.2, -0.15) is 14.7 Å². The van der Waals surface area contributed by atoms with Gasteiger partial charge in [0.1, 0.15) is 4.90 Å². The van der Waals surface area contributed by atoms with Gasteiger partial charge in [-0.1, -0.05) is 0 Å². The minimum absolute atomic E-state index is 0.00245. The van der Waals surface area contributed by atoms with Crippen LogP contribution >= 0.6 is 0 Å². The summed E-state index contributed by atoms with van der Waals surface area (Å²) in [6.45, 7) is 1.88. The molecule has 1 fully saturated rings. The second kappa shape index (κ2) is 4.83. The third kappa shape index (κ3) is 2.43. The number of sulfonamides is 1. The summed E-state index contributed by atoms with van der Waals surface area (Å²) in [5.74, 6) is 0.0163. The number of aromatic nitrogens is 2. The quantitative estimate of drug-likeness (QED) is 0.841. The lowest BCUT2D eigenvalue weighted by atomic mass is 10.4. The molecule has 0 unspecified atom stereocenters. The van der Waals surface area contributed by atoms with Gasteiger partial charge in [-0.05, 0) is 19.8 Å². The molecule has 0 aromatic carbocycles. The van der Waals surface area contributed by atoms with Gasteiger partial charge < -0.3 is 5.73 Å². The van der Waals surface area contributed by atoms with Crippen LogP contribution in [0.2, 0.25) is 0 Å². The first-order valence-electron chi connectivity index (χ1n) is 6.07. The highest BCUT2D eigenvalue weighted by molar-refractivity contribution is 7.89. The van der Waals surface area contributed by atoms with Crippen LogP contribution in [-0.2, 0) is 17.1 Å². The summed E-state index contributed by atoms with van der Waals surface area (Å²) in [4.78, 5) is 0.0693. The maximum atomic E-state index is 12.7. The lowest BCUT2D eigenvalue weighted by Gasteiger charge is -2.20. The average molecular weight is 283 g/mol. The molecule has 0 spiro atoms. The number of nitriles is 1. The smallest absolute Gasteiger partial charge is 0.248 e. The van der Waals surface area contributed by atoms with E-state index < -0.39 is 10.0 Å². The lowest BCUT2D eigenvalue weighted by molar-refractivity contribution is 0.410. The Hall–Kier alpha value is -1.59. The molecule has 0 saturated heterocycles. The zero-order valence-electron chi connectivity index (χ0n) is 11.0. The van der Waals surface area contributed by atoms with Gasteiger partial charge in [-0.25, -0.2) is 8.42 Å². The Bertz CT molecular complexity index is 624. The van der Waals surface area contributed by atoms with Gasteiger partial charge in [0.15, 0.2) is 5.82 Å².